The van der Waals surface area contributed by atoms with Crippen LogP contribution in [-0.4, -0.2) is 0 Å². The molecule has 0 amide bonds. The quantitative estimate of drug-likeness (QED) is 0.742. The number of halogens is 3. The van der Waals surface area contributed by atoms with Crippen molar-refractivity contribution in [3.63, 3.8) is 0 Å². The number of aryl methyl sites for hydroxylation is 1. The van der Waals surface area contributed by atoms with E-state index in [9.17, 15) is 8.78 Å². The first-order chi connectivity index (χ1) is 6.52. The predicted molar refractivity (Wildman–Crippen MR) is 57.8 cm³/mol. The summed E-state index contributed by atoms with van der Waals surface area (Å²) in [5, 5.41) is 0. The van der Waals surface area contributed by atoms with Gasteiger partial charge in [-0.2, -0.15) is 8.78 Å². The Bertz CT molecular complexity index is 366. The Kier molecular flexibility index (Phi) is 3.81. The highest BCUT2D eigenvalue weighted by atomic mass is 79.9. The molecule has 0 aliphatic rings. The van der Waals surface area contributed by atoms with Crippen molar-refractivity contribution in [1.82, 2.24) is 0 Å². The number of allylic oxidation sites excluding steroid dienone is 1. The molecule has 0 saturated heterocycles. The topological polar surface area (TPSA) is 0 Å². The van der Waals surface area contributed by atoms with Crippen molar-refractivity contribution in [2.45, 2.75) is 20.3 Å². The molecular formula is C11H11BrF2. The first kappa shape index (κ1) is 11.4. The van der Waals surface area contributed by atoms with Gasteiger partial charge in [0.2, 0.25) is 0 Å². The van der Waals surface area contributed by atoms with Crippen molar-refractivity contribution in [2.75, 3.05) is 0 Å². The Labute approximate surface area is 90.8 Å². The summed E-state index contributed by atoms with van der Waals surface area (Å²) in [7, 11) is 0. The second-order valence-corrected chi connectivity index (χ2v) is 4.16. The van der Waals surface area contributed by atoms with E-state index in [0.717, 1.165) is 16.7 Å². The number of hydrogen-bond donors (Lipinski definition) is 0. The van der Waals surface area contributed by atoms with Gasteiger partial charge in [-0.25, -0.2) is 0 Å². The number of hydrogen-bond acceptors (Lipinski definition) is 0. The summed E-state index contributed by atoms with van der Waals surface area (Å²) >= 11 is 2.87. The first-order valence-electron chi connectivity index (χ1n) is 4.27. The highest BCUT2D eigenvalue weighted by molar-refractivity contribution is 9.11. The molecule has 0 atom stereocenters. The molecular weight excluding hydrogens is 250 g/mol. The summed E-state index contributed by atoms with van der Waals surface area (Å²) in [5.74, 6) is 0. The van der Waals surface area contributed by atoms with Crippen molar-refractivity contribution in [1.29, 1.82) is 0 Å². The largest absolute Gasteiger partial charge is 0.280 e. The molecule has 3 heteroatoms. The summed E-state index contributed by atoms with van der Waals surface area (Å²) in [6, 6.07) is 5.73. The molecule has 0 N–H and O–H groups in total. The van der Waals surface area contributed by atoms with E-state index in [2.05, 4.69) is 15.9 Å². The minimum atomic E-state index is -1.65. The van der Waals surface area contributed by atoms with Crippen molar-refractivity contribution in [2.24, 2.45) is 0 Å². The Morgan fingerprint density at radius 3 is 2.50 bits per heavy atom. The minimum Gasteiger partial charge on any atom is -0.172 e. The lowest BCUT2D eigenvalue weighted by Crippen LogP contribution is -1.92. The van der Waals surface area contributed by atoms with Gasteiger partial charge >= 0.3 is 0 Å². The fourth-order valence-corrected chi connectivity index (χ4v) is 1.54. The average Bonchev–Trinajstić information content (AvgIpc) is 2.12. The molecule has 0 heterocycles. The summed E-state index contributed by atoms with van der Waals surface area (Å²) < 4.78 is 24.3. The minimum absolute atomic E-state index is 0.0359. The second kappa shape index (κ2) is 4.69. The van der Waals surface area contributed by atoms with Crippen LogP contribution in [0, 0.1) is 13.8 Å². The zero-order valence-electron chi connectivity index (χ0n) is 8.07. The van der Waals surface area contributed by atoms with E-state index < -0.39 is 6.08 Å². The highest BCUT2D eigenvalue weighted by Gasteiger charge is 2.06. The Morgan fingerprint density at radius 2 is 1.93 bits per heavy atom. The van der Waals surface area contributed by atoms with Gasteiger partial charge in [-0.1, -0.05) is 18.2 Å². The van der Waals surface area contributed by atoms with Crippen LogP contribution in [0.1, 0.15) is 16.7 Å². The molecule has 1 rings (SSSR count). The van der Waals surface area contributed by atoms with Crippen LogP contribution >= 0.6 is 15.9 Å². The fraction of sp³-hybridized carbons (Fsp3) is 0.273. The zero-order valence-corrected chi connectivity index (χ0v) is 9.66. The molecule has 0 radical (unpaired) electrons. The van der Waals surface area contributed by atoms with Crippen molar-refractivity contribution in [3.8, 4) is 0 Å². The first-order valence-corrected chi connectivity index (χ1v) is 5.06. The third-order valence-electron chi connectivity index (χ3n) is 2.27. The maximum Gasteiger partial charge on any atom is 0.280 e. The van der Waals surface area contributed by atoms with Crippen molar-refractivity contribution in [3.05, 3.63) is 45.5 Å². The summed E-state index contributed by atoms with van der Waals surface area (Å²) in [5.41, 5.74) is 3.14. The van der Waals surface area contributed by atoms with Crippen LogP contribution in [0.15, 0.2) is 28.8 Å². The van der Waals surface area contributed by atoms with Gasteiger partial charge in [0.1, 0.15) is 0 Å². The van der Waals surface area contributed by atoms with E-state index in [0.29, 0.717) is 0 Å². The van der Waals surface area contributed by atoms with Crippen LogP contribution in [-0.2, 0) is 6.42 Å². The molecule has 1 aromatic rings. The molecule has 0 aromatic heterocycles. The lowest BCUT2D eigenvalue weighted by atomic mass is 10.0. The van der Waals surface area contributed by atoms with Gasteiger partial charge in [-0.15, -0.1) is 0 Å². The van der Waals surface area contributed by atoms with Gasteiger partial charge in [0, 0.05) is 6.42 Å². The predicted octanol–water partition coefficient (Wildman–Crippen LogP) is 4.35. The maximum absolute atomic E-state index is 12.2. The number of rotatable bonds is 2. The second-order valence-electron chi connectivity index (χ2n) is 3.20. The van der Waals surface area contributed by atoms with E-state index in [1.165, 1.54) is 0 Å². The van der Waals surface area contributed by atoms with Crippen LogP contribution in [0.4, 0.5) is 8.78 Å². The SMILES string of the molecule is Cc1cccc(CC(Br)=C(F)F)c1C. The van der Waals surface area contributed by atoms with Gasteiger partial charge in [-0.3, -0.25) is 0 Å². The third-order valence-corrected chi connectivity index (χ3v) is 2.85. The fourth-order valence-electron chi connectivity index (χ4n) is 1.24. The molecule has 0 nitrogen and oxygen atoms in total. The average molecular weight is 261 g/mol. The molecule has 76 valence electrons. The van der Waals surface area contributed by atoms with Crippen LogP contribution < -0.4 is 0 Å². The Morgan fingerprint density at radius 1 is 1.29 bits per heavy atom. The maximum atomic E-state index is 12.2. The molecule has 0 aliphatic carbocycles. The van der Waals surface area contributed by atoms with Crippen molar-refractivity contribution >= 4 is 15.9 Å². The Hall–Kier alpha value is -0.700. The lowest BCUT2D eigenvalue weighted by molar-refractivity contribution is 0.416. The molecule has 0 saturated carbocycles. The van der Waals surface area contributed by atoms with E-state index in [-0.39, 0.29) is 10.9 Å². The summed E-state index contributed by atoms with van der Waals surface area (Å²) in [4.78, 5) is 0. The van der Waals surface area contributed by atoms with Crippen LogP contribution in [0.3, 0.4) is 0 Å². The van der Waals surface area contributed by atoms with E-state index in [1.807, 2.05) is 32.0 Å². The summed E-state index contributed by atoms with van der Waals surface area (Å²) in [6.07, 6.45) is -1.39. The zero-order chi connectivity index (χ0) is 10.7. The number of benzene rings is 1. The monoisotopic (exact) mass is 260 g/mol. The van der Waals surface area contributed by atoms with E-state index in [4.69, 9.17) is 0 Å². The van der Waals surface area contributed by atoms with Gasteiger partial charge < -0.3 is 0 Å². The van der Waals surface area contributed by atoms with Gasteiger partial charge in [0.05, 0.1) is 4.48 Å². The third kappa shape index (κ3) is 2.64. The molecule has 0 bridgehead atoms. The normalized spacial score (nSPS) is 10.1. The van der Waals surface area contributed by atoms with E-state index >= 15 is 0 Å². The molecule has 1 aromatic carbocycles. The Balaban J connectivity index is 2.99. The molecule has 0 unspecified atom stereocenters. The van der Waals surface area contributed by atoms with Gasteiger partial charge in [-0.05, 0) is 46.5 Å². The van der Waals surface area contributed by atoms with Crippen LogP contribution in [0.25, 0.3) is 0 Å². The lowest BCUT2D eigenvalue weighted by Gasteiger charge is -2.07. The molecule has 0 aliphatic heterocycles. The van der Waals surface area contributed by atoms with E-state index in [1.54, 1.807) is 0 Å². The summed E-state index contributed by atoms with van der Waals surface area (Å²) in [6.45, 7) is 3.92. The highest BCUT2D eigenvalue weighted by Crippen LogP contribution is 2.23. The molecule has 14 heavy (non-hydrogen) atoms. The van der Waals surface area contributed by atoms with Crippen molar-refractivity contribution < 1.29 is 8.78 Å². The smallest absolute Gasteiger partial charge is 0.172 e. The van der Waals surface area contributed by atoms with Gasteiger partial charge in [0.15, 0.2) is 0 Å². The van der Waals surface area contributed by atoms with Crippen LogP contribution in [0.5, 0.6) is 0 Å². The standard InChI is InChI=1S/C11H11BrF2/c1-7-4-3-5-9(8(7)2)6-10(12)11(13)14/h3-5H,6H2,1-2H3. The van der Waals surface area contributed by atoms with Crippen LogP contribution in [0.2, 0.25) is 0 Å². The molecule has 0 fully saturated rings. The molecule has 0 spiro atoms. The van der Waals surface area contributed by atoms with Gasteiger partial charge in [0.25, 0.3) is 6.08 Å².